The molecule has 2 aromatic carbocycles. The van der Waals surface area contributed by atoms with E-state index in [9.17, 15) is 8.42 Å². The molecule has 0 saturated heterocycles. The van der Waals surface area contributed by atoms with Gasteiger partial charge in [-0.3, -0.25) is 0 Å². The summed E-state index contributed by atoms with van der Waals surface area (Å²) in [6.45, 7) is 5.65. The summed E-state index contributed by atoms with van der Waals surface area (Å²) in [7, 11) is -3.69. The molecule has 5 nitrogen and oxygen atoms in total. The Bertz CT molecular complexity index is 1020. The Morgan fingerprint density at radius 2 is 1.62 bits per heavy atom. The Morgan fingerprint density at radius 1 is 1.00 bits per heavy atom. The van der Waals surface area contributed by atoms with E-state index in [1.165, 1.54) is 0 Å². The minimum atomic E-state index is -3.69. The Morgan fingerprint density at radius 3 is 2.23 bits per heavy atom. The van der Waals surface area contributed by atoms with Gasteiger partial charge < -0.3 is 0 Å². The first-order valence-electron chi connectivity index (χ1n) is 8.15. The fraction of sp³-hybridized carbons (Fsp3) is 0.211. The summed E-state index contributed by atoms with van der Waals surface area (Å²) in [6, 6.07) is 14.8. The van der Waals surface area contributed by atoms with E-state index in [-0.39, 0.29) is 11.4 Å². The summed E-state index contributed by atoms with van der Waals surface area (Å²) in [6.07, 6.45) is 0. The van der Waals surface area contributed by atoms with Crippen LogP contribution in [0.15, 0.2) is 53.4 Å². The lowest BCUT2D eigenvalue weighted by Crippen LogP contribution is -2.24. The molecule has 0 fully saturated rings. The van der Waals surface area contributed by atoms with Crippen molar-refractivity contribution in [1.82, 2.24) is 14.5 Å². The van der Waals surface area contributed by atoms with Crippen LogP contribution in [-0.4, -0.2) is 18.2 Å². The number of nitrogens with one attached hydrogen (secondary N) is 1. The molecule has 0 saturated carbocycles. The zero-order valence-corrected chi connectivity index (χ0v) is 16.4. The third-order valence-corrected chi connectivity index (χ3v) is 6.06. The lowest BCUT2D eigenvalue weighted by atomic mass is 10.2. The van der Waals surface area contributed by atoms with Crippen molar-refractivity contribution >= 4 is 21.6 Å². The van der Waals surface area contributed by atoms with Crippen LogP contribution in [0.2, 0.25) is 5.02 Å². The van der Waals surface area contributed by atoms with Crippen LogP contribution in [0.3, 0.4) is 0 Å². The average Bonchev–Trinajstić information content (AvgIpc) is 2.90. The van der Waals surface area contributed by atoms with Gasteiger partial charge >= 0.3 is 0 Å². The predicted molar refractivity (Wildman–Crippen MR) is 103 cm³/mol. The molecule has 0 bridgehead atoms. The van der Waals surface area contributed by atoms with Gasteiger partial charge in [0, 0.05) is 11.6 Å². The molecule has 0 atom stereocenters. The van der Waals surface area contributed by atoms with E-state index in [1.807, 2.05) is 31.2 Å². The van der Waals surface area contributed by atoms with Gasteiger partial charge in [-0.2, -0.15) is 5.10 Å². The highest BCUT2D eigenvalue weighted by molar-refractivity contribution is 7.89. The van der Waals surface area contributed by atoms with Gasteiger partial charge in [-0.05, 0) is 50.6 Å². The van der Waals surface area contributed by atoms with Gasteiger partial charge in [0.25, 0.3) is 0 Å². The van der Waals surface area contributed by atoms with Gasteiger partial charge in [0.2, 0.25) is 10.0 Å². The summed E-state index contributed by atoms with van der Waals surface area (Å²) in [5.74, 6) is 0. The first kappa shape index (κ1) is 18.6. The number of sulfonamides is 1. The standard InChI is InChI=1S/C19H20ClN3O2S/c1-13-4-10-18(11-5-13)23-15(3)19(14(2)22-23)26(24,25)21-12-16-6-8-17(20)9-7-16/h4-11,21H,12H2,1-3H3. The molecule has 1 aromatic heterocycles. The maximum Gasteiger partial charge on any atom is 0.244 e. The first-order chi connectivity index (χ1) is 12.3. The fourth-order valence-electron chi connectivity index (χ4n) is 2.81. The molecule has 7 heteroatoms. The molecule has 0 radical (unpaired) electrons. The fourth-order valence-corrected chi connectivity index (χ4v) is 4.34. The Labute approximate surface area is 158 Å². The molecule has 1 heterocycles. The van der Waals surface area contributed by atoms with Crippen LogP contribution >= 0.6 is 11.6 Å². The number of rotatable bonds is 5. The van der Waals surface area contributed by atoms with Gasteiger partial charge in [-0.15, -0.1) is 0 Å². The molecular formula is C19H20ClN3O2S. The number of hydrogen-bond acceptors (Lipinski definition) is 3. The van der Waals surface area contributed by atoms with Crippen molar-refractivity contribution in [2.24, 2.45) is 0 Å². The first-order valence-corrected chi connectivity index (χ1v) is 10.0. The lowest BCUT2D eigenvalue weighted by molar-refractivity contribution is 0.580. The average molecular weight is 390 g/mol. The van der Waals surface area contributed by atoms with Gasteiger partial charge in [0.05, 0.1) is 17.1 Å². The molecule has 1 N–H and O–H groups in total. The van der Waals surface area contributed by atoms with Crippen LogP contribution in [0.1, 0.15) is 22.5 Å². The van der Waals surface area contributed by atoms with Crippen molar-refractivity contribution in [3.63, 3.8) is 0 Å². The number of nitrogens with zero attached hydrogens (tertiary/aromatic N) is 2. The van der Waals surface area contributed by atoms with Gasteiger partial charge in [-0.25, -0.2) is 17.8 Å². The van der Waals surface area contributed by atoms with Crippen molar-refractivity contribution in [3.05, 3.63) is 76.1 Å². The molecule has 3 aromatic rings. The maximum atomic E-state index is 12.8. The smallest absolute Gasteiger partial charge is 0.236 e. The van der Waals surface area contributed by atoms with Crippen LogP contribution in [-0.2, 0) is 16.6 Å². The summed E-state index contributed by atoms with van der Waals surface area (Å²) < 4.78 is 29.9. The van der Waals surface area contributed by atoms with E-state index in [2.05, 4.69) is 9.82 Å². The summed E-state index contributed by atoms with van der Waals surface area (Å²) in [4.78, 5) is 0.215. The van der Waals surface area contributed by atoms with E-state index in [4.69, 9.17) is 11.6 Å². The molecule has 3 rings (SSSR count). The molecule has 0 unspecified atom stereocenters. The van der Waals surface area contributed by atoms with E-state index in [0.717, 1.165) is 16.8 Å². The molecule has 0 aliphatic carbocycles. The quantitative estimate of drug-likeness (QED) is 0.719. The molecule has 0 aliphatic heterocycles. The van der Waals surface area contributed by atoms with Crippen molar-refractivity contribution in [2.45, 2.75) is 32.2 Å². The van der Waals surface area contributed by atoms with Crippen LogP contribution in [0.25, 0.3) is 5.69 Å². The SMILES string of the molecule is Cc1ccc(-n2nc(C)c(S(=O)(=O)NCc3ccc(Cl)cc3)c2C)cc1. The second-order valence-corrected chi connectivity index (χ2v) is 8.34. The molecule has 0 aliphatic rings. The number of halogens is 1. The molecule has 0 amide bonds. The molecule has 0 spiro atoms. The largest absolute Gasteiger partial charge is 0.244 e. The highest BCUT2D eigenvalue weighted by atomic mass is 35.5. The number of hydrogen-bond donors (Lipinski definition) is 1. The second-order valence-electron chi connectivity index (χ2n) is 6.20. The third kappa shape index (κ3) is 3.82. The van der Waals surface area contributed by atoms with Gasteiger partial charge in [0.1, 0.15) is 4.90 Å². The van der Waals surface area contributed by atoms with Crippen LogP contribution in [0, 0.1) is 20.8 Å². The van der Waals surface area contributed by atoms with Gasteiger partial charge in [0.15, 0.2) is 0 Å². The monoisotopic (exact) mass is 389 g/mol. The highest BCUT2D eigenvalue weighted by Gasteiger charge is 2.24. The number of aromatic nitrogens is 2. The summed E-state index contributed by atoms with van der Waals surface area (Å²) in [5, 5.41) is 5.04. The van der Waals surface area contributed by atoms with Crippen molar-refractivity contribution < 1.29 is 8.42 Å². The van der Waals surface area contributed by atoms with Gasteiger partial charge in [-0.1, -0.05) is 41.4 Å². The summed E-state index contributed by atoms with van der Waals surface area (Å²) in [5.41, 5.74) is 3.84. The van der Waals surface area contributed by atoms with Crippen LogP contribution in [0.5, 0.6) is 0 Å². The Hall–Kier alpha value is -2.15. The predicted octanol–water partition coefficient (Wildman–Crippen LogP) is 3.93. The minimum absolute atomic E-state index is 0.189. The van der Waals surface area contributed by atoms with Crippen LogP contribution < -0.4 is 4.72 Å². The van der Waals surface area contributed by atoms with E-state index < -0.39 is 10.0 Å². The Kier molecular flexibility index (Phi) is 5.18. The maximum absolute atomic E-state index is 12.8. The van der Waals surface area contributed by atoms with Crippen molar-refractivity contribution in [1.29, 1.82) is 0 Å². The molecule has 26 heavy (non-hydrogen) atoms. The normalized spacial score (nSPS) is 11.7. The van der Waals surface area contributed by atoms with E-state index in [1.54, 1.807) is 42.8 Å². The highest BCUT2D eigenvalue weighted by Crippen LogP contribution is 2.23. The topological polar surface area (TPSA) is 64.0 Å². The number of aryl methyl sites for hydroxylation is 2. The molecular weight excluding hydrogens is 370 g/mol. The van der Waals surface area contributed by atoms with Crippen molar-refractivity contribution in [3.8, 4) is 5.69 Å². The zero-order chi connectivity index (χ0) is 18.9. The second kappa shape index (κ2) is 7.23. The summed E-state index contributed by atoms with van der Waals surface area (Å²) >= 11 is 5.86. The number of benzene rings is 2. The minimum Gasteiger partial charge on any atom is -0.236 e. The lowest BCUT2D eigenvalue weighted by Gasteiger charge is -2.08. The van der Waals surface area contributed by atoms with E-state index >= 15 is 0 Å². The molecule has 136 valence electrons. The van der Waals surface area contributed by atoms with Crippen molar-refractivity contribution in [2.75, 3.05) is 0 Å². The zero-order valence-electron chi connectivity index (χ0n) is 14.8. The Balaban J connectivity index is 1.90. The van der Waals surface area contributed by atoms with E-state index in [0.29, 0.717) is 16.4 Å². The third-order valence-electron chi connectivity index (χ3n) is 4.15. The van der Waals surface area contributed by atoms with Crippen LogP contribution in [0.4, 0.5) is 0 Å².